The highest BCUT2D eigenvalue weighted by molar-refractivity contribution is 6.13. The molecule has 25 heavy (non-hydrogen) atoms. The Kier molecular flexibility index (Phi) is 4.13. The zero-order valence-corrected chi connectivity index (χ0v) is 14.3. The number of piperidine rings is 1. The SMILES string of the molecule is CC(=O)c1ccc2[nH]c3ncnc(N4CCC(CCO)CC4)c3c2c1. The summed E-state index contributed by atoms with van der Waals surface area (Å²) in [5.74, 6) is 1.57. The molecule has 1 saturated heterocycles. The van der Waals surface area contributed by atoms with Crippen LogP contribution in [0.3, 0.4) is 0 Å². The van der Waals surface area contributed by atoms with Crippen LogP contribution in [-0.2, 0) is 0 Å². The van der Waals surface area contributed by atoms with Gasteiger partial charge in [0, 0.05) is 36.2 Å². The Morgan fingerprint density at radius 2 is 2.12 bits per heavy atom. The summed E-state index contributed by atoms with van der Waals surface area (Å²) in [4.78, 5) is 26.3. The molecule has 130 valence electrons. The largest absolute Gasteiger partial charge is 0.396 e. The van der Waals surface area contributed by atoms with E-state index in [1.165, 1.54) is 0 Å². The van der Waals surface area contributed by atoms with Crippen LogP contribution in [0, 0.1) is 5.92 Å². The van der Waals surface area contributed by atoms with Gasteiger partial charge in [0.2, 0.25) is 0 Å². The molecule has 0 radical (unpaired) electrons. The number of aliphatic hydroxyl groups excluding tert-OH is 1. The van der Waals surface area contributed by atoms with E-state index >= 15 is 0 Å². The van der Waals surface area contributed by atoms with Gasteiger partial charge in [-0.3, -0.25) is 4.79 Å². The van der Waals surface area contributed by atoms with Crippen molar-refractivity contribution >= 4 is 33.5 Å². The summed E-state index contributed by atoms with van der Waals surface area (Å²) in [7, 11) is 0. The van der Waals surface area contributed by atoms with Crippen molar-refractivity contribution in [3.8, 4) is 0 Å². The Morgan fingerprint density at radius 3 is 2.84 bits per heavy atom. The quantitative estimate of drug-likeness (QED) is 0.715. The van der Waals surface area contributed by atoms with E-state index in [1.54, 1.807) is 13.3 Å². The summed E-state index contributed by atoms with van der Waals surface area (Å²) < 4.78 is 0. The molecule has 1 aliphatic rings. The number of carbonyl (C=O) groups excluding carboxylic acids is 1. The van der Waals surface area contributed by atoms with Crippen LogP contribution in [0.1, 0.15) is 36.5 Å². The maximum absolute atomic E-state index is 11.8. The highest BCUT2D eigenvalue weighted by Gasteiger charge is 2.23. The van der Waals surface area contributed by atoms with Crippen molar-refractivity contribution in [1.82, 2.24) is 15.0 Å². The van der Waals surface area contributed by atoms with Gasteiger partial charge in [0.15, 0.2) is 5.78 Å². The van der Waals surface area contributed by atoms with Gasteiger partial charge in [-0.05, 0) is 50.3 Å². The first kappa shape index (κ1) is 16.0. The fourth-order valence-electron chi connectivity index (χ4n) is 3.78. The molecule has 1 aliphatic heterocycles. The molecular weight excluding hydrogens is 316 g/mol. The van der Waals surface area contributed by atoms with E-state index in [9.17, 15) is 4.79 Å². The second-order valence-electron chi connectivity index (χ2n) is 6.81. The Bertz CT molecular complexity index is 926. The highest BCUT2D eigenvalue weighted by Crippen LogP contribution is 2.33. The zero-order chi connectivity index (χ0) is 17.4. The average Bonchev–Trinajstić information content (AvgIpc) is 3.00. The number of aromatic nitrogens is 3. The summed E-state index contributed by atoms with van der Waals surface area (Å²) in [6, 6.07) is 5.71. The third-order valence-electron chi connectivity index (χ3n) is 5.23. The van der Waals surface area contributed by atoms with Crippen LogP contribution in [0.4, 0.5) is 5.82 Å². The van der Waals surface area contributed by atoms with Gasteiger partial charge in [0.25, 0.3) is 0 Å². The first-order chi connectivity index (χ1) is 12.2. The summed E-state index contributed by atoms with van der Waals surface area (Å²) in [5, 5.41) is 11.1. The van der Waals surface area contributed by atoms with Gasteiger partial charge < -0.3 is 15.0 Å². The maximum Gasteiger partial charge on any atom is 0.159 e. The number of aliphatic hydroxyl groups is 1. The topological polar surface area (TPSA) is 82.1 Å². The molecule has 0 saturated carbocycles. The Balaban J connectivity index is 1.77. The lowest BCUT2D eigenvalue weighted by Crippen LogP contribution is -2.34. The minimum atomic E-state index is 0.0551. The molecule has 0 aliphatic carbocycles. The van der Waals surface area contributed by atoms with E-state index in [1.807, 2.05) is 18.2 Å². The molecule has 2 aromatic heterocycles. The van der Waals surface area contributed by atoms with E-state index in [0.29, 0.717) is 11.5 Å². The standard InChI is InChI=1S/C19H22N4O2/c1-12(25)14-2-3-16-15(10-14)17-18(22-16)20-11-21-19(17)23-7-4-13(5-8-23)6-9-24/h2-3,10-11,13,24H,4-9H2,1H3,(H,20,21,22). The lowest BCUT2D eigenvalue weighted by atomic mass is 9.94. The normalized spacial score (nSPS) is 16.0. The molecular formula is C19H22N4O2. The number of nitrogens with one attached hydrogen (secondary N) is 1. The number of ketones is 1. The Morgan fingerprint density at radius 1 is 1.32 bits per heavy atom. The van der Waals surface area contributed by atoms with Crippen molar-refractivity contribution in [2.45, 2.75) is 26.2 Å². The van der Waals surface area contributed by atoms with Gasteiger partial charge in [-0.25, -0.2) is 9.97 Å². The highest BCUT2D eigenvalue weighted by atomic mass is 16.3. The van der Waals surface area contributed by atoms with Gasteiger partial charge in [0.05, 0.1) is 5.39 Å². The molecule has 3 heterocycles. The number of Topliss-reactive ketones (excluding diaryl/α,β-unsaturated/α-hetero) is 1. The van der Waals surface area contributed by atoms with Gasteiger partial charge in [-0.15, -0.1) is 0 Å². The van der Waals surface area contributed by atoms with Gasteiger partial charge in [0.1, 0.15) is 17.8 Å². The van der Waals surface area contributed by atoms with Crippen molar-refractivity contribution in [2.24, 2.45) is 5.92 Å². The third-order valence-corrected chi connectivity index (χ3v) is 5.23. The molecule has 0 atom stereocenters. The number of benzene rings is 1. The van der Waals surface area contributed by atoms with Crippen LogP contribution in [0.25, 0.3) is 21.9 Å². The second-order valence-corrected chi connectivity index (χ2v) is 6.81. The number of fused-ring (bicyclic) bond motifs is 3. The lowest BCUT2D eigenvalue weighted by molar-refractivity contribution is 0.101. The lowest BCUT2D eigenvalue weighted by Gasteiger charge is -2.32. The fraction of sp³-hybridized carbons (Fsp3) is 0.421. The van der Waals surface area contributed by atoms with Gasteiger partial charge in [-0.1, -0.05) is 0 Å². The van der Waals surface area contributed by atoms with Crippen molar-refractivity contribution in [2.75, 3.05) is 24.6 Å². The zero-order valence-electron chi connectivity index (χ0n) is 14.3. The Hall–Kier alpha value is -2.47. The van der Waals surface area contributed by atoms with E-state index in [-0.39, 0.29) is 12.4 Å². The van der Waals surface area contributed by atoms with E-state index < -0.39 is 0 Å². The van der Waals surface area contributed by atoms with E-state index in [2.05, 4.69) is 19.9 Å². The van der Waals surface area contributed by atoms with Crippen LogP contribution in [0.5, 0.6) is 0 Å². The van der Waals surface area contributed by atoms with Crippen LogP contribution in [0.15, 0.2) is 24.5 Å². The summed E-state index contributed by atoms with van der Waals surface area (Å²) in [6.45, 7) is 3.70. The monoisotopic (exact) mass is 338 g/mol. The molecule has 6 nitrogen and oxygen atoms in total. The van der Waals surface area contributed by atoms with Crippen LogP contribution < -0.4 is 4.90 Å². The molecule has 0 unspecified atom stereocenters. The van der Waals surface area contributed by atoms with Crippen LogP contribution >= 0.6 is 0 Å². The van der Waals surface area contributed by atoms with Crippen LogP contribution in [0.2, 0.25) is 0 Å². The number of aromatic amines is 1. The third kappa shape index (κ3) is 2.87. The van der Waals surface area contributed by atoms with Crippen LogP contribution in [-0.4, -0.2) is 45.5 Å². The maximum atomic E-state index is 11.8. The summed E-state index contributed by atoms with van der Waals surface area (Å²) >= 11 is 0. The number of anilines is 1. The fourth-order valence-corrected chi connectivity index (χ4v) is 3.78. The molecule has 6 heteroatoms. The van der Waals surface area contributed by atoms with Crippen molar-refractivity contribution in [3.05, 3.63) is 30.1 Å². The predicted octanol–water partition coefficient (Wildman–Crippen LogP) is 2.91. The molecule has 0 amide bonds. The predicted molar refractivity (Wildman–Crippen MR) is 98.0 cm³/mol. The molecule has 0 bridgehead atoms. The number of hydrogen-bond acceptors (Lipinski definition) is 5. The average molecular weight is 338 g/mol. The molecule has 3 aromatic rings. The molecule has 4 rings (SSSR count). The second kappa shape index (κ2) is 6.44. The number of H-pyrrole nitrogens is 1. The smallest absolute Gasteiger partial charge is 0.159 e. The molecule has 1 fully saturated rings. The van der Waals surface area contributed by atoms with Gasteiger partial charge >= 0.3 is 0 Å². The minimum Gasteiger partial charge on any atom is -0.396 e. The Labute approximate surface area is 145 Å². The van der Waals surface area contributed by atoms with Crippen molar-refractivity contribution in [3.63, 3.8) is 0 Å². The summed E-state index contributed by atoms with van der Waals surface area (Å²) in [6.07, 6.45) is 4.60. The first-order valence-corrected chi connectivity index (χ1v) is 8.80. The number of hydrogen-bond donors (Lipinski definition) is 2. The van der Waals surface area contributed by atoms with Crippen molar-refractivity contribution < 1.29 is 9.90 Å². The molecule has 2 N–H and O–H groups in total. The summed E-state index contributed by atoms with van der Waals surface area (Å²) in [5.41, 5.74) is 2.47. The van der Waals surface area contributed by atoms with E-state index in [4.69, 9.17) is 5.11 Å². The number of rotatable bonds is 4. The number of nitrogens with zero attached hydrogens (tertiary/aromatic N) is 3. The molecule has 0 spiro atoms. The minimum absolute atomic E-state index is 0.0551. The van der Waals surface area contributed by atoms with E-state index in [0.717, 1.165) is 60.1 Å². The van der Waals surface area contributed by atoms with Crippen molar-refractivity contribution in [1.29, 1.82) is 0 Å². The van der Waals surface area contributed by atoms with Gasteiger partial charge in [-0.2, -0.15) is 0 Å². The number of carbonyl (C=O) groups is 1. The first-order valence-electron chi connectivity index (χ1n) is 8.80. The molecule has 1 aromatic carbocycles.